The van der Waals surface area contributed by atoms with E-state index in [1.165, 1.54) is 6.07 Å². The lowest BCUT2D eigenvalue weighted by Gasteiger charge is -2.36. The Hall–Kier alpha value is -2.13. The van der Waals surface area contributed by atoms with Crippen molar-refractivity contribution >= 4 is 11.4 Å². The van der Waals surface area contributed by atoms with E-state index in [4.69, 9.17) is 10.00 Å². The highest BCUT2D eigenvalue weighted by Gasteiger charge is 2.27. The van der Waals surface area contributed by atoms with Crippen LogP contribution in [0.1, 0.15) is 19.4 Å². The molecule has 100 valence electrons. The van der Waals surface area contributed by atoms with Gasteiger partial charge in [0.2, 0.25) is 0 Å². The van der Waals surface area contributed by atoms with E-state index in [-0.39, 0.29) is 17.9 Å². The van der Waals surface area contributed by atoms with Gasteiger partial charge in [0.15, 0.2) is 0 Å². The number of nitriles is 1. The predicted molar refractivity (Wildman–Crippen MR) is 70.0 cm³/mol. The number of nitrogens with zero attached hydrogens (tertiary/aromatic N) is 3. The summed E-state index contributed by atoms with van der Waals surface area (Å²) in [6.45, 7) is 5.10. The lowest BCUT2D eigenvalue weighted by molar-refractivity contribution is -0.384. The Morgan fingerprint density at radius 3 is 2.58 bits per heavy atom. The average molecular weight is 261 g/mol. The van der Waals surface area contributed by atoms with Crippen LogP contribution in [-0.2, 0) is 4.74 Å². The Balaban J connectivity index is 2.38. The van der Waals surface area contributed by atoms with Crippen LogP contribution in [0.15, 0.2) is 18.2 Å². The largest absolute Gasteiger partial charge is 0.372 e. The zero-order valence-electron chi connectivity index (χ0n) is 10.9. The molecule has 0 saturated carbocycles. The molecule has 1 heterocycles. The minimum atomic E-state index is -0.443. The standard InChI is InChI=1S/C13H15N3O3/c1-9-7-15(8-10(2)19-9)12-4-3-11(6-14)5-13(12)16(17)18/h3-5,9-10H,7-8H2,1-2H3/t9-,10-/m0/s1. The summed E-state index contributed by atoms with van der Waals surface area (Å²) in [5, 5.41) is 20.0. The summed E-state index contributed by atoms with van der Waals surface area (Å²) in [5.74, 6) is 0. The number of hydrogen-bond acceptors (Lipinski definition) is 5. The van der Waals surface area contributed by atoms with Gasteiger partial charge in [0, 0.05) is 19.2 Å². The molecule has 19 heavy (non-hydrogen) atoms. The fourth-order valence-electron chi connectivity index (χ4n) is 2.38. The van der Waals surface area contributed by atoms with E-state index in [0.717, 1.165) is 0 Å². The molecule has 6 heteroatoms. The van der Waals surface area contributed by atoms with Gasteiger partial charge < -0.3 is 9.64 Å². The van der Waals surface area contributed by atoms with Crippen LogP contribution in [-0.4, -0.2) is 30.2 Å². The zero-order chi connectivity index (χ0) is 14.0. The van der Waals surface area contributed by atoms with Gasteiger partial charge in [0.1, 0.15) is 5.69 Å². The Labute approximate surface area is 111 Å². The minimum Gasteiger partial charge on any atom is -0.372 e. The third-order valence-corrected chi connectivity index (χ3v) is 3.06. The van der Waals surface area contributed by atoms with Gasteiger partial charge in [-0.25, -0.2) is 0 Å². The number of ether oxygens (including phenoxy) is 1. The van der Waals surface area contributed by atoms with Crippen LogP contribution in [0.3, 0.4) is 0 Å². The third-order valence-electron chi connectivity index (χ3n) is 3.06. The molecule has 0 bridgehead atoms. The summed E-state index contributed by atoms with van der Waals surface area (Å²) in [6, 6.07) is 6.49. The van der Waals surface area contributed by atoms with Crippen LogP contribution >= 0.6 is 0 Å². The maximum atomic E-state index is 11.1. The number of nitro groups is 1. The van der Waals surface area contributed by atoms with Crippen LogP contribution < -0.4 is 4.90 Å². The highest BCUT2D eigenvalue weighted by Crippen LogP contribution is 2.31. The molecule has 0 N–H and O–H groups in total. The minimum absolute atomic E-state index is 0.0268. The Morgan fingerprint density at radius 2 is 2.05 bits per heavy atom. The molecule has 1 aliphatic rings. The van der Waals surface area contributed by atoms with Gasteiger partial charge in [0.05, 0.1) is 28.8 Å². The zero-order valence-corrected chi connectivity index (χ0v) is 10.9. The fourth-order valence-corrected chi connectivity index (χ4v) is 2.38. The summed E-state index contributed by atoms with van der Waals surface area (Å²) in [7, 11) is 0. The molecule has 0 aromatic heterocycles. The molecular formula is C13H15N3O3. The number of anilines is 1. The average Bonchev–Trinajstić information content (AvgIpc) is 2.36. The second-order valence-corrected chi connectivity index (χ2v) is 4.73. The van der Waals surface area contributed by atoms with Crippen molar-refractivity contribution in [2.45, 2.75) is 26.1 Å². The number of benzene rings is 1. The Morgan fingerprint density at radius 1 is 1.42 bits per heavy atom. The molecule has 1 saturated heterocycles. The van der Waals surface area contributed by atoms with Crippen molar-refractivity contribution < 1.29 is 9.66 Å². The first-order valence-corrected chi connectivity index (χ1v) is 6.10. The number of hydrogen-bond donors (Lipinski definition) is 0. The van der Waals surface area contributed by atoms with Crippen molar-refractivity contribution in [3.05, 3.63) is 33.9 Å². The summed E-state index contributed by atoms with van der Waals surface area (Å²) < 4.78 is 5.62. The molecule has 0 amide bonds. The van der Waals surface area contributed by atoms with Crippen LogP contribution in [0.5, 0.6) is 0 Å². The van der Waals surface area contributed by atoms with Crippen LogP contribution in [0, 0.1) is 21.4 Å². The van der Waals surface area contributed by atoms with Crippen molar-refractivity contribution in [2.24, 2.45) is 0 Å². The molecule has 6 nitrogen and oxygen atoms in total. The fraction of sp³-hybridized carbons (Fsp3) is 0.462. The topological polar surface area (TPSA) is 79.4 Å². The molecule has 1 fully saturated rings. The highest BCUT2D eigenvalue weighted by atomic mass is 16.6. The van der Waals surface area contributed by atoms with Gasteiger partial charge in [0.25, 0.3) is 5.69 Å². The summed E-state index contributed by atoms with van der Waals surface area (Å²) >= 11 is 0. The lowest BCUT2D eigenvalue weighted by atomic mass is 10.1. The maximum absolute atomic E-state index is 11.1. The van der Waals surface area contributed by atoms with Gasteiger partial charge in [-0.3, -0.25) is 10.1 Å². The van der Waals surface area contributed by atoms with E-state index in [2.05, 4.69) is 0 Å². The lowest BCUT2D eigenvalue weighted by Crippen LogP contribution is -2.45. The molecular weight excluding hydrogens is 246 g/mol. The van der Waals surface area contributed by atoms with Crippen molar-refractivity contribution in [1.29, 1.82) is 5.26 Å². The molecule has 2 atom stereocenters. The molecule has 0 radical (unpaired) electrons. The second-order valence-electron chi connectivity index (χ2n) is 4.73. The molecule has 0 spiro atoms. The van der Waals surface area contributed by atoms with Crippen molar-refractivity contribution in [2.75, 3.05) is 18.0 Å². The van der Waals surface area contributed by atoms with E-state index >= 15 is 0 Å². The highest BCUT2D eigenvalue weighted by molar-refractivity contribution is 5.66. The van der Waals surface area contributed by atoms with E-state index in [1.807, 2.05) is 24.8 Å². The summed E-state index contributed by atoms with van der Waals surface area (Å²) in [4.78, 5) is 12.6. The SMILES string of the molecule is C[C@H]1CN(c2ccc(C#N)cc2[N+](=O)[O-])C[C@H](C)O1. The van der Waals surface area contributed by atoms with Crippen molar-refractivity contribution in [1.82, 2.24) is 0 Å². The molecule has 1 aromatic carbocycles. The van der Waals surface area contributed by atoms with Crippen molar-refractivity contribution in [3.63, 3.8) is 0 Å². The Kier molecular flexibility index (Phi) is 3.67. The van der Waals surface area contributed by atoms with Gasteiger partial charge >= 0.3 is 0 Å². The number of rotatable bonds is 2. The number of nitro benzene ring substituents is 1. The predicted octanol–water partition coefficient (Wildman–Crippen LogP) is 2.08. The first kappa shape index (κ1) is 13.3. The van der Waals surface area contributed by atoms with Gasteiger partial charge in [-0.2, -0.15) is 5.26 Å². The summed E-state index contributed by atoms with van der Waals surface area (Å²) in [5.41, 5.74) is 0.816. The third kappa shape index (κ3) is 2.83. The van der Waals surface area contributed by atoms with Gasteiger partial charge in [-0.1, -0.05) is 0 Å². The first-order valence-electron chi connectivity index (χ1n) is 6.10. The normalized spacial score (nSPS) is 22.9. The summed E-state index contributed by atoms with van der Waals surface area (Å²) in [6.07, 6.45) is 0.0537. The molecule has 1 aliphatic heterocycles. The molecule has 0 unspecified atom stereocenters. The van der Waals surface area contributed by atoms with Gasteiger partial charge in [-0.05, 0) is 26.0 Å². The number of morpholine rings is 1. The van der Waals surface area contributed by atoms with Crippen LogP contribution in [0.4, 0.5) is 11.4 Å². The van der Waals surface area contributed by atoms with E-state index in [1.54, 1.807) is 12.1 Å². The smallest absolute Gasteiger partial charge is 0.293 e. The quantitative estimate of drug-likeness (QED) is 0.601. The monoisotopic (exact) mass is 261 g/mol. The Bertz CT molecular complexity index is 528. The van der Waals surface area contributed by atoms with Gasteiger partial charge in [-0.15, -0.1) is 0 Å². The first-order chi connectivity index (χ1) is 9.01. The van der Waals surface area contributed by atoms with E-state index in [0.29, 0.717) is 24.3 Å². The maximum Gasteiger partial charge on any atom is 0.293 e. The van der Waals surface area contributed by atoms with E-state index in [9.17, 15) is 10.1 Å². The van der Waals surface area contributed by atoms with Crippen LogP contribution in [0.25, 0.3) is 0 Å². The molecule has 1 aromatic rings. The molecule has 0 aliphatic carbocycles. The molecule has 2 rings (SSSR count). The van der Waals surface area contributed by atoms with Crippen molar-refractivity contribution in [3.8, 4) is 6.07 Å². The van der Waals surface area contributed by atoms with E-state index < -0.39 is 4.92 Å². The second kappa shape index (κ2) is 5.24. The van der Waals surface area contributed by atoms with Crippen LogP contribution in [0.2, 0.25) is 0 Å².